The zero-order valence-corrected chi connectivity index (χ0v) is 10.2. The third-order valence-corrected chi connectivity index (χ3v) is 3.52. The Morgan fingerprint density at radius 3 is 2.88 bits per heavy atom. The van der Waals surface area contributed by atoms with Gasteiger partial charge in [-0.2, -0.15) is 5.26 Å². The summed E-state index contributed by atoms with van der Waals surface area (Å²) in [6.07, 6.45) is 3.30. The molecule has 0 unspecified atom stereocenters. The van der Waals surface area contributed by atoms with Crippen LogP contribution in [-0.2, 0) is 18.4 Å². The molecule has 0 atom stereocenters. The summed E-state index contributed by atoms with van der Waals surface area (Å²) in [4.78, 5) is 12.0. The van der Waals surface area contributed by atoms with Crippen LogP contribution in [0.15, 0.2) is 18.3 Å². The third kappa shape index (κ3) is 2.05. The van der Waals surface area contributed by atoms with Crippen LogP contribution >= 0.6 is 0 Å². The number of rotatable bonds is 3. The van der Waals surface area contributed by atoms with E-state index in [0.717, 1.165) is 5.69 Å². The van der Waals surface area contributed by atoms with E-state index in [0.29, 0.717) is 25.3 Å². The van der Waals surface area contributed by atoms with E-state index in [2.05, 4.69) is 18.3 Å². The van der Waals surface area contributed by atoms with E-state index < -0.39 is 5.41 Å². The summed E-state index contributed by atoms with van der Waals surface area (Å²) in [7, 11) is 1.94. The van der Waals surface area contributed by atoms with Crippen molar-refractivity contribution < 1.29 is 4.79 Å². The molecule has 1 amide bonds. The van der Waals surface area contributed by atoms with Gasteiger partial charge in [0.2, 0.25) is 5.91 Å². The first-order valence-corrected chi connectivity index (χ1v) is 5.87. The highest BCUT2D eigenvalue weighted by atomic mass is 16.2. The second-order valence-corrected chi connectivity index (χ2v) is 5.00. The van der Waals surface area contributed by atoms with Crippen LogP contribution < -0.4 is 5.32 Å². The maximum Gasteiger partial charge on any atom is 0.240 e. The minimum Gasteiger partial charge on any atom is -0.353 e. The molecule has 0 aliphatic heterocycles. The molecule has 1 aromatic rings. The molecule has 1 N–H and O–H groups in total. The highest BCUT2D eigenvalue weighted by Gasteiger charge is 2.48. The molecule has 0 aromatic carbocycles. The predicted molar refractivity (Wildman–Crippen MR) is 63.7 cm³/mol. The number of carbonyl (C=O) groups excluding carboxylic acids is 1. The average molecular weight is 231 g/mol. The Labute approximate surface area is 101 Å². The van der Waals surface area contributed by atoms with Gasteiger partial charge in [0.1, 0.15) is 5.41 Å². The van der Waals surface area contributed by atoms with Crippen molar-refractivity contribution >= 4 is 5.91 Å². The van der Waals surface area contributed by atoms with E-state index in [1.165, 1.54) is 0 Å². The minimum absolute atomic E-state index is 0.126. The topological polar surface area (TPSA) is 57.8 Å². The Balaban J connectivity index is 1.94. The molecule has 4 nitrogen and oxygen atoms in total. The van der Waals surface area contributed by atoms with Gasteiger partial charge < -0.3 is 9.88 Å². The number of carbonyl (C=O) groups is 1. The highest BCUT2D eigenvalue weighted by molar-refractivity contribution is 5.86. The van der Waals surface area contributed by atoms with E-state index in [-0.39, 0.29) is 5.91 Å². The maximum atomic E-state index is 12.0. The number of nitrogens with one attached hydrogen (secondary N) is 1. The van der Waals surface area contributed by atoms with E-state index in [1.807, 2.05) is 29.9 Å². The van der Waals surface area contributed by atoms with Gasteiger partial charge in [-0.15, -0.1) is 0 Å². The Hall–Kier alpha value is -1.76. The largest absolute Gasteiger partial charge is 0.353 e. The van der Waals surface area contributed by atoms with Crippen LogP contribution in [0.2, 0.25) is 0 Å². The lowest BCUT2D eigenvalue weighted by Gasteiger charge is -2.39. The SMILES string of the molecule is CC1CC(C#N)(C(=O)NCc2cccn2C)C1. The van der Waals surface area contributed by atoms with Crippen molar-refractivity contribution in [3.05, 3.63) is 24.0 Å². The summed E-state index contributed by atoms with van der Waals surface area (Å²) < 4.78 is 1.96. The van der Waals surface area contributed by atoms with Gasteiger partial charge in [-0.25, -0.2) is 0 Å². The van der Waals surface area contributed by atoms with Crippen LogP contribution in [0.5, 0.6) is 0 Å². The molecule has 0 saturated heterocycles. The standard InChI is InChI=1S/C13H17N3O/c1-10-6-13(7-10,9-14)12(17)15-8-11-4-3-5-16(11)2/h3-5,10H,6-8H2,1-2H3,(H,15,17). The molecule has 0 bridgehead atoms. The number of amides is 1. The van der Waals surface area contributed by atoms with E-state index >= 15 is 0 Å². The molecule has 1 aliphatic carbocycles. The Morgan fingerprint density at radius 2 is 2.41 bits per heavy atom. The second kappa shape index (κ2) is 4.25. The Kier molecular flexibility index (Phi) is 2.93. The van der Waals surface area contributed by atoms with Gasteiger partial charge in [-0.05, 0) is 30.9 Å². The summed E-state index contributed by atoms with van der Waals surface area (Å²) in [5, 5.41) is 12.0. The van der Waals surface area contributed by atoms with Gasteiger partial charge >= 0.3 is 0 Å². The quantitative estimate of drug-likeness (QED) is 0.858. The van der Waals surface area contributed by atoms with E-state index in [4.69, 9.17) is 5.26 Å². The molecule has 17 heavy (non-hydrogen) atoms. The molecule has 1 aromatic heterocycles. The van der Waals surface area contributed by atoms with Gasteiger partial charge in [0.15, 0.2) is 0 Å². The van der Waals surface area contributed by atoms with E-state index in [1.54, 1.807) is 0 Å². The first-order chi connectivity index (χ1) is 8.07. The van der Waals surface area contributed by atoms with Crippen LogP contribution in [0.1, 0.15) is 25.5 Å². The number of hydrogen-bond acceptors (Lipinski definition) is 2. The van der Waals surface area contributed by atoms with Gasteiger partial charge in [0, 0.05) is 18.9 Å². The molecular weight excluding hydrogens is 214 g/mol. The first kappa shape index (κ1) is 11.7. The van der Waals surface area contributed by atoms with E-state index in [9.17, 15) is 4.79 Å². The van der Waals surface area contributed by atoms with Gasteiger partial charge in [-0.3, -0.25) is 4.79 Å². The number of aryl methyl sites for hydroxylation is 1. The Morgan fingerprint density at radius 1 is 1.71 bits per heavy atom. The molecular formula is C13H17N3O. The molecule has 1 heterocycles. The maximum absolute atomic E-state index is 12.0. The number of nitriles is 1. The van der Waals surface area contributed by atoms with Crippen molar-refractivity contribution in [2.24, 2.45) is 18.4 Å². The van der Waals surface area contributed by atoms with Gasteiger partial charge in [0.25, 0.3) is 0 Å². The van der Waals surface area contributed by atoms with Crippen LogP contribution in [-0.4, -0.2) is 10.5 Å². The fraction of sp³-hybridized carbons (Fsp3) is 0.538. The fourth-order valence-corrected chi connectivity index (χ4v) is 2.48. The average Bonchev–Trinajstić information content (AvgIpc) is 2.67. The van der Waals surface area contributed by atoms with Crippen molar-refractivity contribution in [2.45, 2.75) is 26.3 Å². The van der Waals surface area contributed by atoms with Crippen LogP contribution in [0.25, 0.3) is 0 Å². The molecule has 90 valence electrons. The molecule has 0 radical (unpaired) electrons. The van der Waals surface area contributed by atoms with Crippen molar-refractivity contribution in [1.82, 2.24) is 9.88 Å². The third-order valence-electron chi connectivity index (χ3n) is 3.52. The van der Waals surface area contributed by atoms with Crippen LogP contribution in [0.4, 0.5) is 0 Å². The molecule has 1 saturated carbocycles. The van der Waals surface area contributed by atoms with Crippen molar-refractivity contribution in [1.29, 1.82) is 5.26 Å². The lowest BCUT2D eigenvalue weighted by molar-refractivity contribution is -0.134. The molecule has 4 heteroatoms. The molecule has 1 aliphatic rings. The van der Waals surface area contributed by atoms with Crippen molar-refractivity contribution in [2.75, 3.05) is 0 Å². The smallest absolute Gasteiger partial charge is 0.240 e. The predicted octanol–water partition coefficient (Wildman–Crippen LogP) is 1.58. The summed E-state index contributed by atoms with van der Waals surface area (Å²) in [6.45, 7) is 2.56. The summed E-state index contributed by atoms with van der Waals surface area (Å²) in [6, 6.07) is 6.07. The summed E-state index contributed by atoms with van der Waals surface area (Å²) >= 11 is 0. The van der Waals surface area contributed by atoms with Crippen LogP contribution in [0, 0.1) is 22.7 Å². The normalized spacial score (nSPS) is 27.0. The zero-order chi connectivity index (χ0) is 12.5. The van der Waals surface area contributed by atoms with Crippen molar-refractivity contribution in [3.63, 3.8) is 0 Å². The van der Waals surface area contributed by atoms with Crippen LogP contribution in [0.3, 0.4) is 0 Å². The molecule has 2 rings (SSSR count). The Bertz CT molecular complexity index is 463. The molecule has 0 spiro atoms. The second-order valence-electron chi connectivity index (χ2n) is 5.00. The van der Waals surface area contributed by atoms with Crippen molar-refractivity contribution in [3.8, 4) is 6.07 Å². The number of hydrogen-bond donors (Lipinski definition) is 1. The highest BCUT2D eigenvalue weighted by Crippen LogP contribution is 2.45. The molecule has 1 fully saturated rings. The zero-order valence-electron chi connectivity index (χ0n) is 10.2. The summed E-state index contributed by atoms with van der Waals surface area (Å²) in [5.74, 6) is 0.356. The fourth-order valence-electron chi connectivity index (χ4n) is 2.48. The monoisotopic (exact) mass is 231 g/mol. The first-order valence-electron chi connectivity index (χ1n) is 5.87. The lowest BCUT2D eigenvalue weighted by atomic mass is 9.63. The van der Waals surface area contributed by atoms with Gasteiger partial charge in [0.05, 0.1) is 12.6 Å². The lowest BCUT2D eigenvalue weighted by Crippen LogP contribution is -2.48. The minimum atomic E-state index is -0.773. The number of aromatic nitrogens is 1. The van der Waals surface area contributed by atoms with Gasteiger partial charge in [-0.1, -0.05) is 6.92 Å². The number of nitrogens with zero attached hydrogens (tertiary/aromatic N) is 2. The summed E-state index contributed by atoms with van der Waals surface area (Å²) in [5.41, 5.74) is 0.267.